The van der Waals surface area contributed by atoms with Gasteiger partial charge in [-0.25, -0.2) is 28.5 Å². The summed E-state index contributed by atoms with van der Waals surface area (Å²) in [5.41, 5.74) is 7.66. The van der Waals surface area contributed by atoms with Crippen molar-refractivity contribution in [2.75, 3.05) is 10.6 Å². The number of carbonyl (C=O) groups excluding carboxylic acids is 1. The van der Waals surface area contributed by atoms with Gasteiger partial charge in [-0.3, -0.25) is 0 Å². The topological polar surface area (TPSA) is 128 Å². The molecular weight excluding hydrogens is 480 g/mol. The van der Waals surface area contributed by atoms with E-state index in [0.29, 0.717) is 30.4 Å². The summed E-state index contributed by atoms with van der Waals surface area (Å²) in [6.07, 6.45) is 3.03. The smallest absolute Gasteiger partial charge is 0.404 e. The van der Waals surface area contributed by atoms with Crippen molar-refractivity contribution in [2.45, 2.75) is 32.5 Å². The molecule has 0 radical (unpaired) electrons. The van der Waals surface area contributed by atoms with E-state index in [0.717, 1.165) is 23.3 Å². The van der Waals surface area contributed by atoms with Crippen molar-refractivity contribution < 1.29 is 18.3 Å². The first-order valence-electron chi connectivity index (χ1n) is 11.5. The lowest BCUT2D eigenvalue weighted by Crippen LogP contribution is -2.20. The summed E-state index contributed by atoms with van der Waals surface area (Å²) in [5.74, 6) is -0.201. The van der Waals surface area contributed by atoms with Crippen LogP contribution in [0.15, 0.2) is 67.0 Å². The number of nitrogens with zero attached hydrogens (tertiary/aromatic N) is 4. The van der Waals surface area contributed by atoms with Gasteiger partial charge >= 0.3 is 6.09 Å². The molecule has 2 aromatic carbocycles. The van der Waals surface area contributed by atoms with Gasteiger partial charge in [-0.2, -0.15) is 4.98 Å². The quantitative estimate of drug-likeness (QED) is 0.288. The van der Waals surface area contributed by atoms with Crippen molar-refractivity contribution in [3.63, 3.8) is 0 Å². The highest BCUT2D eigenvalue weighted by Crippen LogP contribution is 2.20. The summed E-state index contributed by atoms with van der Waals surface area (Å²) in [7, 11) is 0. The van der Waals surface area contributed by atoms with Crippen LogP contribution in [0.5, 0.6) is 0 Å². The summed E-state index contributed by atoms with van der Waals surface area (Å²) in [4.78, 5) is 28.1. The zero-order valence-electron chi connectivity index (χ0n) is 20.0. The van der Waals surface area contributed by atoms with Crippen molar-refractivity contribution >= 4 is 17.9 Å². The highest BCUT2D eigenvalue weighted by Gasteiger charge is 2.11. The third-order valence-corrected chi connectivity index (χ3v) is 5.28. The lowest BCUT2D eigenvalue weighted by molar-refractivity contribution is 0.150. The fraction of sp³-hybridized carbons (Fsp3) is 0.192. The third kappa shape index (κ3) is 7.40. The maximum Gasteiger partial charge on any atom is 0.404 e. The fourth-order valence-electron chi connectivity index (χ4n) is 3.63. The van der Waals surface area contributed by atoms with Gasteiger partial charge in [0, 0.05) is 24.5 Å². The zero-order valence-corrected chi connectivity index (χ0v) is 20.0. The Labute approximate surface area is 212 Å². The number of ether oxygens (including phenoxy) is 1. The number of aromatic nitrogens is 4. The monoisotopic (exact) mass is 505 g/mol. The Morgan fingerprint density at radius 3 is 2.65 bits per heavy atom. The molecule has 1 atom stereocenters. The van der Waals surface area contributed by atoms with E-state index in [1.54, 1.807) is 18.3 Å². The summed E-state index contributed by atoms with van der Waals surface area (Å²) in [5, 5.41) is 6.45. The van der Waals surface area contributed by atoms with Crippen LogP contribution in [0.2, 0.25) is 0 Å². The molecule has 2 heterocycles. The zero-order chi connectivity index (χ0) is 26.2. The number of hydrogen-bond acceptors (Lipinski definition) is 8. The maximum atomic E-state index is 14.1. The van der Waals surface area contributed by atoms with Gasteiger partial charge in [-0.05, 0) is 48.7 Å². The molecule has 9 nitrogen and oxygen atoms in total. The van der Waals surface area contributed by atoms with Gasteiger partial charge in [-0.15, -0.1) is 0 Å². The van der Waals surface area contributed by atoms with Crippen molar-refractivity contribution in [3.8, 4) is 11.4 Å². The average Bonchev–Trinajstić information content (AvgIpc) is 2.87. The lowest BCUT2D eigenvalue weighted by atomic mass is 10.0. The van der Waals surface area contributed by atoms with Crippen LogP contribution in [0.4, 0.5) is 25.3 Å². The van der Waals surface area contributed by atoms with E-state index < -0.39 is 17.7 Å². The van der Waals surface area contributed by atoms with Crippen LogP contribution < -0.4 is 16.4 Å². The second-order valence-corrected chi connectivity index (χ2v) is 8.29. The van der Waals surface area contributed by atoms with E-state index in [9.17, 15) is 13.6 Å². The lowest BCUT2D eigenvalue weighted by Gasteiger charge is -2.15. The molecule has 4 aromatic rings. The van der Waals surface area contributed by atoms with E-state index in [2.05, 4.69) is 30.6 Å². The fourth-order valence-corrected chi connectivity index (χ4v) is 3.63. The summed E-state index contributed by atoms with van der Waals surface area (Å²) >= 11 is 0. The van der Waals surface area contributed by atoms with Gasteiger partial charge in [0.2, 0.25) is 5.95 Å². The minimum atomic E-state index is -0.812. The molecule has 0 fully saturated rings. The molecule has 0 saturated carbocycles. The van der Waals surface area contributed by atoms with Crippen LogP contribution in [0, 0.1) is 11.6 Å². The first-order valence-corrected chi connectivity index (χ1v) is 11.5. The van der Waals surface area contributed by atoms with Crippen LogP contribution in [-0.2, 0) is 24.3 Å². The summed E-state index contributed by atoms with van der Waals surface area (Å²) < 4.78 is 32.2. The molecule has 0 aliphatic heterocycles. The highest BCUT2D eigenvalue weighted by atomic mass is 19.1. The number of primary amides is 1. The number of nitrogens with two attached hydrogens (primary N) is 1. The normalized spacial score (nSPS) is 11.5. The highest BCUT2D eigenvalue weighted by molar-refractivity contribution is 5.64. The second-order valence-electron chi connectivity index (χ2n) is 8.29. The summed E-state index contributed by atoms with van der Waals surface area (Å²) in [6.45, 7) is 2.44. The number of amides is 1. The molecule has 4 rings (SSSR count). The summed E-state index contributed by atoms with van der Waals surface area (Å²) in [6, 6.07) is 14.4. The molecular formula is C26H25F2N7O2. The van der Waals surface area contributed by atoms with Crippen molar-refractivity contribution in [2.24, 2.45) is 5.73 Å². The average molecular weight is 506 g/mol. The third-order valence-electron chi connectivity index (χ3n) is 5.28. The first kappa shape index (κ1) is 25.4. The number of rotatable bonds is 10. The maximum absolute atomic E-state index is 14.1. The molecule has 1 amide bonds. The number of nitrogens with one attached hydrogen (secondary N) is 2. The Morgan fingerprint density at radius 2 is 1.84 bits per heavy atom. The molecule has 0 bridgehead atoms. The van der Waals surface area contributed by atoms with Crippen molar-refractivity contribution in [1.29, 1.82) is 0 Å². The predicted octanol–water partition coefficient (Wildman–Crippen LogP) is 4.46. The molecule has 0 spiro atoms. The Hall–Kier alpha value is -4.67. The molecule has 37 heavy (non-hydrogen) atoms. The molecule has 190 valence electrons. The van der Waals surface area contributed by atoms with E-state index in [4.69, 9.17) is 10.5 Å². The Bertz CT molecular complexity index is 1390. The molecule has 0 aliphatic rings. The largest absolute Gasteiger partial charge is 0.445 e. The van der Waals surface area contributed by atoms with Crippen LogP contribution in [-0.4, -0.2) is 32.1 Å². The van der Waals surface area contributed by atoms with E-state index >= 15 is 0 Å². The molecule has 0 saturated heterocycles. The van der Waals surface area contributed by atoms with Crippen molar-refractivity contribution in [1.82, 2.24) is 19.9 Å². The second kappa shape index (κ2) is 11.8. The van der Waals surface area contributed by atoms with Crippen LogP contribution in [0.25, 0.3) is 11.4 Å². The Morgan fingerprint density at radius 1 is 1.03 bits per heavy atom. The Balaban J connectivity index is 1.35. The molecule has 11 heteroatoms. The SMILES string of the molecule is C[C@@H](Cc1cccc(COC(N)=O)c1)Nc1nccc(NCc2ccnc(-c3ccc(F)cc3F)n2)n1. The van der Waals surface area contributed by atoms with Gasteiger partial charge in [0.15, 0.2) is 5.82 Å². The molecule has 0 unspecified atom stereocenters. The van der Waals surface area contributed by atoms with Gasteiger partial charge in [0.1, 0.15) is 24.1 Å². The predicted molar refractivity (Wildman–Crippen MR) is 134 cm³/mol. The minimum absolute atomic E-state index is 0.0117. The van der Waals surface area contributed by atoms with Gasteiger partial charge in [0.25, 0.3) is 0 Å². The number of halogens is 2. The van der Waals surface area contributed by atoms with Crippen LogP contribution >= 0.6 is 0 Å². The number of hydrogen-bond donors (Lipinski definition) is 3. The molecule has 2 aromatic heterocycles. The first-order chi connectivity index (χ1) is 17.9. The van der Waals surface area contributed by atoms with Crippen LogP contribution in [0.1, 0.15) is 23.7 Å². The van der Waals surface area contributed by atoms with Gasteiger partial charge in [0.05, 0.1) is 17.8 Å². The van der Waals surface area contributed by atoms with Gasteiger partial charge < -0.3 is 21.1 Å². The van der Waals surface area contributed by atoms with E-state index in [1.807, 2.05) is 31.2 Å². The van der Waals surface area contributed by atoms with Crippen molar-refractivity contribution in [3.05, 3.63) is 95.4 Å². The molecule has 4 N–H and O–H groups in total. The number of anilines is 2. The van der Waals surface area contributed by atoms with E-state index in [1.165, 1.54) is 12.3 Å². The number of benzene rings is 2. The number of carbonyl (C=O) groups is 1. The van der Waals surface area contributed by atoms with E-state index in [-0.39, 0.29) is 24.0 Å². The van der Waals surface area contributed by atoms with Gasteiger partial charge in [-0.1, -0.05) is 24.3 Å². The minimum Gasteiger partial charge on any atom is -0.445 e. The molecule has 0 aliphatic carbocycles. The van der Waals surface area contributed by atoms with Crippen LogP contribution in [0.3, 0.4) is 0 Å². The standard InChI is InChI=1S/C26H25F2N7O2/c1-16(11-17-3-2-4-18(12-17)15-37-25(29)36)33-26-31-10-8-23(35-26)32-14-20-7-9-30-24(34-20)21-6-5-19(27)13-22(21)28/h2-10,12-13,16H,11,14-15H2,1H3,(H2,29,36)(H2,31,32,33,35)/t16-/m0/s1. The Kier molecular flexibility index (Phi) is 8.14.